The molecule has 0 unspecified atom stereocenters. The Hall–Kier alpha value is -0.610. The van der Waals surface area contributed by atoms with Crippen molar-refractivity contribution in [3.8, 4) is 0 Å². The van der Waals surface area contributed by atoms with Gasteiger partial charge in [0.1, 0.15) is 5.58 Å². The van der Waals surface area contributed by atoms with Gasteiger partial charge in [0.25, 0.3) is 0 Å². The number of hydrogen-bond acceptors (Lipinski definition) is 3. The highest BCUT2D eigenvalue weighted by Gasteiger charge is 2.00. The smallest absolute Gasteiger partial charge is 0.396 e. The Morgan fingerprint density at radius 2 is 2.27 bits per heavy atom. The minimum Gasteiger partial charge on any atom is -0.414 e. The molecule has 0 amide bonds. The Morgan fingerprint density at radius 1 is 1.45 bits per heavy atom. The van der Waals surface area contributed by atoms with Crippen LogP contribution in [-0.2, 0) is 0 Å². The van der Waals surface area contributed by atoms with Crippen molar-refractivity contribution in [2.75, 3.05) is 0 Å². The standard InChI is InChI=1S/C7H3BrO2S/c8-4-1-2-5-6(3-4)11-7(9)10-5/h1-3H. The molecule has 1 aromatic carbocycles. The molecule has 0 bridgehead atoms. The lowest BCUT2D eigenvalue weighted by Gasteiger charge is -1.86. The van der Waals surface area contributed by atoms with Gasteiger partial charge in [-0.15, -0.1) is 0 Å². The number of benzene rings is 1. The average molecular weight is 231 g/mol. The van der Waals surface area contributed by atoms with Gasteiger partial charge >= 0.3 is 4.94 Å². The number of halogens is 1. The summed E-state index contributed by atoms with van der Waals surface area (Å²) in [6.07, 6.45) is 0. The van der Waals surface area contributed by atoms with E-state index in [1.54, 1.807) is 6.07 Å². The van der Waals surface area contributed by atoms with Gasteiger partial charge in [0, 0.05) is 4.47 Å². The summed E-state index contributed by atoms with van der Waals surface area (Å²) in [5, 5.41) is 0. The van der Waals surface area contributed by atoms with Crippen molar-refractivity contribution in [1.29, 1.82) is 0 Å². The average Bonchev–Trinajstić information content (AvgIpc) is 2.27. The monoisotopic (exact) mass is 230 g/mol. The van der Waals surface area contributed by atoms with E-state index < -0.39 is 0 Å². The second-order valence-corrected chi connectivity index (χ2v) is 3.94. The summed E-state index contributed by atoms with van der Waals surface area (Å²) in [6, 6.07) is 5.49. The van der Waals surface area contributed by atoms with Crippen LogP contribution in [0.25, 0.3) is 10.3 Å². The van der Waals surface area contributed by atoms with E-state index in [1.165, 1.54) is 0 Å². The van der Waals surface area contributed by atoms with Crippen molar-refractivity contribution in [3.63, 3.8) is 0 Å². The van der Waals surface area contributed by atoms with Crippen molar-refractivity contribution in [3.05, 3.63) is 32.4 Å². The van der Waals surface area contributed by atoms with Crippen molar-refractivity contribution in [2.45, 2.75) is 0 Å². The molecule has 2 aromatic rings. The zero-order valence-electron chi connectivity index (χ0n) is 5.33. The third-order valence-corrected chi connectivity index (χ3v) is 2.57. The van der Waals surface area contributed by atoms with Gasteiger partial charge in [0.05, 0.1) is 4.70 Å². The predicted octanol–water partition coefficient (Wildman–Crippen LogP) is 2.62. The van der Waals surface area contributed by atoms with E-state index in [0.717, 1.165) is 20.5 Å². The summed E-state index contributed by atoms with van der Waals surface area (Å²) < 4.78 is 6.70. The molecule has 0 saturated heterocycles. The number of fused-ring (bicyclic) bond motifs is 1. The van der Waals surface area contributed by atoms with E-state index >= 15 is 0 Å². The molecule has 56 valence electrons. The topological polar surface area (TPSA) is 30.2 Å². The highest BCUT2D eigenvalue weighted by atomic mass is 79.9. The molecule has 0 fully saturated rings. The molecular weight excluding hydrogens is 228 g/mol. The van der Waals surface area contributed by atoms with Crippen LogP contribution in [0.3, 0.4) is 0 Å². The fourth-order valence-electron chi connectivity index (χ4n) is 0.846. The van der Waals surface area contributed by atoms with E-state index in [1.807, 2.05) is 12.1 Å². The molecule has 0 atom stereocenters. The molecule has 0 spiro atoms. The molecule has 0 saturated carbocycles. The molecule has 2 rings (SSSR count). The molecule has 0 N–H and O–H groups in total. The van der Waals surface area contributed by atoms with Gasteiger partial charge < -0.3 is 4.42 Å². The maximum atomic E-state index is 10.7. The van der Waals surface area contributed by atoms with Gasteiger partial charge in [-0.2, -0.15) is 0 Å². The van der Waals surface area contributed by atoms with E-state index in [0.29, 0.717) is 5.58 Å². The Kier molecular flexibility index (Phi) is 1.58. The number of rotatable bonds is 0. The minimum absolute atomic E-state index is 0.252. The second-order valence-electron chi connectivity index (χ2n) is 2.05. The Bertz CT molecular complexity index is 443. The van der Waals surface area contributed by atoms with Gasteiger partial charge in [0.2, 0.25) is 0 Å². The zero-order valence-corrected chi connectivity index (χ0v) is 7.74. The highest BCUT2D eigenvalue weighted by Crippen LogP contribution is 2.21. The predicted molar refractivity (Wildman–Crippen MR) is 48.1 cm³/mol. The van der Waals surface area contributed by atoms with Crippen molar-refractivity contribution in [2.24, 2.45) is 0 Å². The third-order valence-electron chi connectivity index (χ3n) is 1.29. The van der Waals surface area contributed by atoms with E-state index in [4.69, 9.17) is 4.42 Å². The molecular formula is C7H3BrO2S. The molecule has 11 heavy (non-hydrogen) atoms. The van der Waals surface area contributed by atoms with Gasteiger partial charge in [-0.25, -0.2) is 4.79 Å². The summed E-state index contributed by atoms with van der Waals surface area (Å²) in [5.74, 6) is 0. The van der Waals surface area contributed by atoms with E-state index in [-0.39, 0.29) is 4.94 Å². The van der Waals surface area contributed by atoms with E-state index in [9.17, 15) is 4.79 Å². The summed E-state index contributed by atoms with van der Waals surface area (Å²) in [4.78, 5) is 10.5. The van der Waals surface area contributed by atoms with Crippen LogP contribution >= 0.6 is 27.3 Å². The Morgan fingerprint density at radius 3 is 3.09 bits per heavy atom. The van der Waals surface area contributed by atoms with Crippen molar-refractivity contribution in [1.82, 2.24) is 0 Å². The summed E-state index contributed by atoms with van der Waals surface area (Å²) in [5.41, 5.74) is 0.656. The fraction of sp³-hybridized carbons (Fsp3) is 0. The second kappa shape index (κ2) is 2.46. The molecule has 0 radical (unpaired) electrons. The molecule has 0 aliphatic heterocycles. The fourth-order valence-corrected chi connectivity index (χ4v) is 2.07. The SMILES string of the molecule is O=c1oc2ccc(Br)cc2s1. The first kappa shape index (κ1) is 7.06. The first-order valence-electron chi connectivity index (χ1n) is 2.95. The van der Waals surface area contributed by atoms with Gasteiger partial charge in [0.15, 0.2) is 0 Å². The minimum atomic E-state index is -0.252. The molecule has 1 aromatic heterocycles. The first-order chi connectivity index (χ1) is 5.25. The lowest BCUT2D eigenvalue weighted by Crippen LogP contribution is -1.79. The molecule has 0 aliphatic carbocycles. The quantitative estimate of drug-likeness (QED) is 0.697. The summed E-state index contributed by atoms with van der Waals surface area (Å²) in [7, 11) is 0. The van der Waals surface area contributed by atoms with Gasteiger partial charge in [-0.05, 0) is 18.2 Å². The van der Waals surface area contributed by atoms with Crippen molar-refractivity contribution < 1.29 is 4.42 Å². The molecule has 1 heterocycles. The molecule has 4 heteroatoms. The van der Waals surface area contributed by atoms with Crippen LogP contribution < -0.4 is 4.94 Å². The van der Waals surface area contributed by atoms with Crippen LogP contribution in [0.5, 0.6) is 0 Å². The van der Waals surface area contributed by atoms with Crippen LogP contribution in [0, 0.1) is 0 Å². The van der Waals surface area contributed by atoms with Crippen LogP contribution in [0.4, 0.5) is 0 Å². The van der Waals surface area contributed by atoms with Crippen molar-refractivity contribution >= 4 is 37.5 Å². The summed E-state index contributed by atoms with van der Waals surface area (Å²) in [6.45, 7) is 0. The van der Waals surface area contributed by atoms with Gasteiger partial charge in [-0.1, -0.05) is 27.3 Å². The van der Waals surface area contributed by atoms with Crippen LogP contribution in [0.15, 0.2) is 31.9 Å². The lowest BCUT2D eigenvalue weighted by molar-refractivity contribution is 0.585. The maximum absolute atomic E-state index is 10.7. The highest BCUT2D eigenvalue weighted by molar-refractivity contribution is 9.10. The normalized spacial score (nSPS) is 10.6. The lowest BCUT2D eigenvalue weighted by atomic mass is 10.3. The Labute approximate surface area is 74.6 Å². The third kappa shape index (κ3) is 1.23. The van der Waals surface area contributed by atoms with E-state index in [2.05, 4.69) is 15.9 Å². The zero-order chi connectivity index (χ0) is 7.84. The van der Waals surface area contributed by atoms with Crippen LogP contribution in [0.2, 0.25) is 0 Å². The van der Waals surface area contributed by atoms with Gasteiger partial charge in [-0.3, -0.25) is 0 Å². The largest absolute Gasteiger partial charge is 0.414 e. The van der Waals surface area contributed by atoms with Crippen LogP contribution in [-0.4, -0.2) is 0 Å². The first-order valence-corrected chi connectivity index (χ1v) is 4.56. The molecule has 0 aliphatic rings. The number of hydrogen-bond donors (Lipinski definition) is 0. The maximum Gasteiger partial charge on any atom is 0.396 e. The summed E-state index contributed by atoms with van der Waals surface area (Å²) >= 11 is 4.42. The van der Waals surface area contributed by atoms with Crippen LogP contribution in [0.1, 0.15) is 0 Å². The molecule has 2 nitrogen and oxygen atoms in total. The Balaban J connectivity index is 2.92.